The lowest BCUT2D eigenvalue weighted by atomic mass is 10.2. The van der Waals surface area contributed by atoms with Crippen molar-refractivity contribution in [1.82, 2.24) is 4.98 Å². The zero-order valence-electron chi connectivity index (χ0n) is 9.92. The van der Waals surface area contributed by atoms with E-state index in [9.17, 15) is 13.2 Å². The van der Waals surface area contributed by atoms with Gasteiger partial charge in [-0.2, -0.15) is 5.26 Å². The van der Waals surface area contributed by atoms with Gasteiger partial charge in [0, 0.05) is 18.5 Å². The largest absolute Gasteiger partial charge is 0.366 e. The lowest BCUT2D eigenvalue weighted by Gasteiger charge is -2.09. The van der Waals surface area contributed by atoms with Crippen LogP contribution in [-0.2, 0) is 10.0 Å². The van der Waals surface area contributed by atoms with Gasteiger partial charge in [0.05, 0.1) is 22.3 Å². The van der Waals surface area contributed by atoms with Gasteiger partial charge in [-0.05, 0) is 18.2 Å². The Balaban J connectivity index is 2.47. The molecule has 20 heavy (non-hydrogen) atoms. The van der Waals surface area contributed by atoms with Crippen LogP contribution in [0.2, 0.25) is 5.02 Å². The first kappa shape index (κ1) is 14.1. The number of nitrogens with one attached hydrogen (secondary N) is 2. The molecule has 0 aliphatic rings. The van der Waals surface area contributed by atoms with Crippen molar-refractivity contribution in [3.05, 3.63) is 57.5 Å². The van der Waals surface area contributed by atoms with Gasteiger partial charge in [-0.15, -0.1) is 0 Å². The SMILES string of the molecule is N#Cc1ccc(Cl)c(NS(=O)(=O)c2c[nH]ccc2=O)c1. The number of nitriles is 1. The molecule has 0 aliphatic heterocycles. The zero-order valence-corrected chi connectivity index (χ0v) is 11.5. The Kier molecular flexibility index (Phi) is 3.79. The van der Waals surface area contributed by atoms with Crippen LogP contribution < -0.4 is 10.2 Å². The molecule has 0 bridgehead atoms. The van der Waals surface area contributed by atoms with E-state index in [0.29, 0.717) is 0 Å². The topological polar surface area (TPSA) is 103 Å². The Bertz CT molecular complexity index is 853. The van der Waals surface area contributed by atoms with Gasteiger partial charge in [0.25, 0.3) is 10.0 Å². The second kappa shape index (κ2) is 5.36. The summed E-state index contributed by atoms with van der Waals surface area (Å²) in [6, 6.07) is 7.11. The van der Waals surface area contributed by atoms with Crippen molar-refractivity contribution in [1.29, 1.82) is 5.26 Å². The summed E-state index contributed by atoms with van der Waals surface area (Å²) in [6.45, 7) is 0. The average molecular weight is 310 g/mol. The smallest absolute Gasteiger partial charge is 0.267 e. The minimum atomic E-state index is -4.08. The summed E-state index contributed by atoms with van der Waals surface area (Å²) in [7, 11) is -4.08. The molecule has 0 amide bonds. The van der Waals surface area contributed by atoms with Gasteiger partial charge < -0.3 is 4.98 Å². The van der Waals surface area contributed by atoms with Crippen LogP contribution in [0.15, 0.2) is 46.3 Å². The maximum absolute atomic E-state index is 12.1. The van der Waals surface area contributed by atoms with Crippen LogP contribution in [0.4, 0.5) is 5.69 Å². The Labute approximate surface area is 119 Å². The third-order valence-corrected chi connectivity index (χ3v) is 4.13. The maximum atomic E-state index is 12.1. The molecule has 0 saturated heterocycles. The first-order valence-electron chi connectivity index (χ1n) is 5.33. The number of H-pyrrole nitrogens is 1. The van der Waals surface area contributed by atoms with Gasteiger partial charge in [-0.25, -0.2) is 8.42 Å². The molecule has 2 aromatic rings. The third-order valence-electron chi connectivity index (χ3n) is 2.42. The number of aromatic amines is 1. The third kappa shape index (κ3) is 2.82. The molecule has 0 spiro atoms. The number of benzene rings is 1. The van der Waals surface area contributed by atoms with Crippen molar-refractivity contribution < 1.29 is 8.42 Å². The van der Waals surface area contributed by atoms with E-state index < -0.39 is 20.3 Å². The Morgan fingerprint density at radius 3 is 2.70 bits per heavy atom. The number of aromatic nitrogens is 1. The van der Waals surface area contributed by atoms with E-state index >= 15 is 0 Å². The number of rotatable bonds is 3. The first-order valence-corrected chi connectivity index (χ1v) is 7.20. The Hall–Kier alpha value is -2.30. The van der Waals surface area contributed by atoms with Crippen LogP contribution in [0.5, 0.6) is 0 Å². The molecule has 102 valence electrons. The van der Waals surface area contributed by atoms with Gasteiger partial charge in [-0.1, -0.05) is 11.6 Å². The summed E-state index contributed by atoms with van der Waals surface area (Å²) in [5, 5.41) is 8.91. The van der Waals surface area contributed by atoms with Crippen molar-refractivity contribution in [2.75, 3.05) is 4.72 Å². The fraction of sp³-hybridized carbons (Fsp3) is 0. The predicted octanol–water partition coefficient (Wildman–Crippen LogP) is 1.70. The maximum Gasteiger partial charge on any atom is 0.267 e. The number of nitrogens with zero attached hydrogens (tertiary/aromatic N) is 1. The summed E-state index contributed by atoms with van der Waals surface area (Å²) < 4.78 is 26.4. The highest BCUT2D eigenvalue weighted by Crippen LogP contribution is 2.24. The van der Waals surface area contributed by atoms with Gasteiger partial charge in [0.1, 0.15) is 0 Å². The molecule has 0 unspecified atom stereocenters. The van der Waals surface area contributed by atoms with E-state index in [0.717, 1.165) is 12.3 Å². The molecule has 1 heterocycles. The Morgan fingerprint density at radius 2 is 2.05 bits per heavy atom. The van der Waals surface area contributed by atoms with Crippen molar-refractivity contribution in [2.24, 2.45) is 0 Å². The first-order chi connectivity index (χ1) is 9.44. The van der Waals surface area contributed by atoms with Crippen molar-refractivity contribution in [3.8, 4) is 6.07 Å². The average Bonchev–Trinajstić information content (AvgIpc) is 2.41. The number of hydrogen-bond donors (Lipinski definition) is 2. The van der Waals surface area contributed by atoms with Crippen molar-refractivity contribution >= 4 is 27.3 Å². The van der Waals surface area contributed by atoms with Crippen LogP contribution in [0.1, 0.15) is 5.56 Å². The number of sulfonamides is 1. The minimum Gasteiger partial charge on any atom is -0.366 e. The number of hydrogen-bond acceptors (Lipinski definition) is 4. The summed E-state index contributed by atoms with van der Waals surface area (Å²) >= 11 is 5.86. The second-order valence-electron chi connectivity index (χ2n) is 3.78. The van der Waals surface area contributed by atoms with Gasteiger partial charge in [0.15, 0.2) is 4.90 Å². The van der Waals surface area contributed by atoms with E-state index in [2.05, 4.69) is 9.71 Å². The fourth-order valence-corrected chi connectivity index (χ4v) is 2.83. The number of anilines is 1. The molecule has 1 aromatic heterocycles. The van der Waals surface area contributed by atoms with Crippen molar-refractivity contribution in [2.45, 2.75) is 4.90 Å². The molecule has 8 heteroatoms. The quantitative estimate of drug-likeness (QED) is 0.900. The Morgan fingerprint density at radius 1 is 1.30 bits per heavy atom. The highest BCUT2D eigenvalue weighted by Gasteiger charge is 2.19. The normalized spacial score (nSPS) is 10.8. The zero-order chi connectivity index (χ0) is 14.8. The molecule has 0 atom stereocenters. The molecular formula is C12H8ClN3O3S. The van der Waals surface area contributed by atoms with E-state index in [1.165, 1.54) is 24.4 Å². The summed E-state index contributed by atoms with van der Waals surface area (Å²) in [4.78, 5) is 13.6. The highest BCUT2D eigenvalue weighted by atomic mass is 35.5. The number of halogens is 1. The van der Waals surface area contributed by atoms with E-state index in [1.54, 1.807) is 0 Å². The predicted molar refractivity (Wildman–Crippen MR) is 74.0 cm³/mol. The molecule has 6 nitrogen and oxygen atoms in total. The standard InChI is InChI=1S/C12H8ClN3O3S/c13-9-2-1-8(6-14)5-10(9)16-20(18,19)12-7-15-4-3-11(12)17/h1-5,7,16H,(H,15,17). The summed E-state index contributed by atoms with van der Waals surface area (Å²) in [5.74, 6) is 0. The van der Waals surface area contributed by atoms with Crippen LogP contribution in [0.25, 0.3) is 0 Å². The molecule has 0 saturated carbocycles. The van der Waals surface area contributed by atoms with Crippen LogP contribution in [0, 0.1) is 11.3 Å². The second-order valence-corrected chi connectivity index (χ2v) is 5.84. The minimum absolute atomic E-state index is 0.0361. The van der Waals surface area contributed by atoms with Crippen LogP contribution >= 0.6 is 11.6 Å². The molecular weight excluding hydrogens is 302 g/mol. The molecule has 2 rings (SSSR count). The van der Waals surface area contributed by atoms with Gasteiger partial charge >= 0.3 is 0 Å². The highest BCUT2D eigenvalue weighted by molar-refractivity contribution is 7.92. The molecule has 1 aromatic carbocycles. The lowest BCUT2D eigenvalue weighted by molar-refractivity contribution is 0.600. The molecule has 0 aliphatic carbocycles. The van der Waals surface area contributed by atoms with Crippen molar-refractivity contribution in [3.63, 3.8) is 0 Å². The lowest BCUT2D eigenvalue weighted by Crippen LogP contribution is -2.21. The van der Waals surface area contributed by atoms with E-state index in [4.69, 9.17) is 16.9 Å². The molecule has 0 fully saturated rings. The molecule has 0 radical (unpaired) electrons. The number of pyridine rings is 1. The summed E-state index contributed by atoms with van der Waals surface area (Å²) in [5.41, 5.74) is -0.369. The fourth-order valence-electron chi connectivity index (χ4n) is 1.48. The van der Waals surface area contributed by atoms with Gasteiger partial charge in [0.2, 0.25) is 5.43 Å². The van der Waals surface area contributed by atoms with Crippen LogP contribution in [0.3, 0.4) is 0 Å². The summed E-state index contributed by atoms with van der Waals surface area (Å²) in [6.07, 6.45) is 2.40. The van der Waals surface area contributed by atoms with Gasteiger partial charge in [-0.3, -0.25) is 9.52 Å². The van der Waals surface area contributed by atoms with Crippen LogP contribution in [-0.4, -0.2) is 13.4 Å². The van der Waals surface area contributed by atoms with E-state index in [-0.39, 0.29) is 16.3 Å². The monoisotopic (exact) mass is 309 g/mol. The van der Waals surface area contributed by atoms with E-state index in [1.807, 2.05) is 6.07 Å². The molecule has 2 N–H and O–H groups in total.